The van der Waals surface area contributed by atoms with Crippen LogP contribution in [0.4, 0.5) is 4.39 Å². The SMILES string of the molecule is CCOc1ccc(CNC(=O)c2cnccn2)cc1F. The molecule has 0 fully saturated rings. The molecule has 20 heavy (non-hydrogen) atoms. The fourth-order valence-corrected chi connectivity index (χ4v) is 1.62. The number of hydrogen-bond donors (Lipinski definition) is 1. The van der Waals surface area contributed by atoms with Gasteiger partial charge in [0.1, 0.15) is 5.69 Å². The number of carbonyl (C=O) groups is 1. The van der Waals surface area contributed by atoms with Gasteiger partial charge >= 0.3 is 0 Å². The molecule has 1 aromatic heterocycles. The maximum Gasteiger partial charge on any atom is 0.271 e. The minimum atomic E-state index is -0.446. The summed E-state index contributed by atoms with van der Waals surface area (Å²) in [7, 11) is 0. The van der Waals surface area contributed by atoms with Crippen LogP contribution in [0.3, 0.4) is 0 Å². The maximum atomic E-state index is 13.6. The highest BCUT2D eigenvalue weighted by molar-refractivity contribution is 5.91. The van der Waals surface area contributed by atoms with Crippen molar-refractivity contribution in [2.75, 3.05) is 6.61 Å². The van der Waals surface area contributed by atoms with E-state index in [-0.39, 0.29) is 23.9 Å². The highest BCUT2D eigenvalue weighted by Gasteiger charge is 2.08. The van der Waals surface area contributed by atoms with Crippen molar-refractivity contribution in [3.05, 3.63) is 53.9 Å². The summed E-state index contributed by atoms with van der Waals surface area (Å²) in [6.45, 7) is 2.40. The fourth-order valence-electron chi connectivity index (χ4n) is 1.62. The van der Waals surface area contributed by atoms with Crippen molar-refractivity contribution in [2.24, 2.45) is 0 Å². The van der Waals surface area contributed by atoms with E-state index in [1.54, 1.807) is 19.1 Å². The number of nitrogens with one attached hydrogen (secondary N) is 1. The summed E-state index contributed by atoms with van der Waals surface area (Å²) >= 11 is 0. The lowest BCUT2D eigenvalue weighted by molar-refractivity contribution is 0.0945. The molecule has 0 saturated heterocycles. The third-order valence-corrected chi connectivity index (χ3v) is 2.55. The lowest BCUT2D eigenvalue weighted by atomic mass is 10.2. The normalized spacial score (nSPS) is 10.1. The number of ether oxygens (including phenoxy) is 1. The highest BCUT2D eigenvalue weighted by Crippen LogP contribution is 2.18. The van der Waals surface area contributed by atoms with Crippen LogP contribution in [0.15, 0.2) is 36.8 Å². The molecule has 0 spiro atoms. The van der Waals surface area contributed by atoms with Crippen LogP contribution in [0, 0.1) is 5.82 Å². The van der Waals surface area contributed by atoms with Gasteiger partial charge in [0.2, 0.25) is 0 Å². The smallest absolute Gasteiger partial charge is 0.271 e. The minimum absolute atomic E-state index is 0.205. The quantitative estimate of drug-likeness (QED) is 0.905. The third-order valence-electron chi connectivity index (χ3n) is 2.55. The van der Waals surface area contributed by atoms with Gasteiger partial charge in [0, 0.05) is 18.9 Å². The van der Waals surface area contributed by atoms with E-state index in [2.05, 4.69) is 15.3 Å². The van der Waals surface area contributed by atoms with Crippen molar-refractivity contribution < 1.29 is 13.9 Å². The van der Waals surface area contributed by atoms with Gasteiger partial charge in [-0.1, -0.05) is 6.07 Å². The first-order chi connectivity index (χ1) is 9.70. The van der Waals surface area contributed by atoms with Crippen molar-refractivity contribution in [1.82, 2.24) is 15.3 Å². The average Bonchev–Trinajstić information content (AvgIpc) is 2.48. The van der Waals surface area contributed by atoms with E-state index < -0.39 is 5.82 Å². The van der Waals surface area contributed by atoms with Gasteiger partial charge in [-0.25, -0.2) is 9.37 Å². The van der Waals surface area contributed by atoms with Crippen LogP contribution in [0.5, 0.6) is 5.75 Å². The van der Waals surface area contributed by atoms with Crippen molar-refractivity contribution >= 4 is 5.91 Å². The number of rotatable bonds is 5. The molecule has 0 bridgehead atoms. The van der Waals surface area contributed by atoms with Crippen LogP contribution in [0.25, 0.3) is 0 Å². The number of benzene rings is 1. The summed E-state index contributed by atoms with van der Waals surface area (Å²) in [5.41, 5.74) is 0.863. The van der Waals surface area contributed by atoms with E-state index in [4.69, 9.17) is 4.74 Å². The summed E-state index contributed by atoms with van der Waals surface area (Å²) in [6, 6.07) is 4.58. The monoisotopic (exact) mass is 275 g/mol. The summed E-state index contributed by atoms with van der Waals surface area (Å²) in [5.74, 6) is -0.595. The summed E-state index contributed by atoms with van der Waals surface area (Å²) in [6.07, 6.45) is 4.29. The molecule has 1 amide bonds. The summed E-state index contributed by atoms with van der Waals surface area (Å²) < 4.78 is 18.7. The lowest BCUT2D eigenvalue weighted by Crippen LogP contribution is -2.23. The number of halogens is 1. The molecule has 2 rings (SSSR count). The Morgan fingerprint density at radius 1 is 1.40 bits per heavy atom. The zero-order valence-electron chi connectivity index (χ0n) is 11.0. The largest absolute Gasteiger partial charge is 0.491 e. The Labute approximate surface area is 115 Å². The first kappa shape index (κ1) is 13.9. The van der Waals surface area contributed by atoms with Gasteiger partial charge in [-0.2, -0.15) is 0 Å². The zero-order chi connectivity index (χ0) is 14.4. The molecule has 1 N–H and O–H groups in total. The molecule has 0 radical (unpaired) electrons. The number of amides is 1. The Kier molecular flexibility index (Phi) is 4.60. The Morgan fingerprint density at radius 2 is 2.25 bits per heavy atom. The lowest BCUT2D eigenvalue weighted by Gasteiger charge is -2.08. The van der Waals surface area contributed by atoms with Gasteiger partial charge in [-0.3, -0.25) is 9.78 Å². The molecule has 6 heteroatoms. The second-order valence-electron chi connectivity index (χ2n) is 3.97. The molecule has 104 valence electrons. The van der Waals surface area contributed by atoms with Crippen LogP contribution in [0.2, 0.25) is 0 Å². The van der Waals surface area contributed by atoms with Crippen LogP contribution >= 0.6 is 0 Å². The van der Waals surface area contributed by atoms with Crippen LogP contribution in [-0.2, 0) is 6.54 Å². The van der Waals surface area contributed by atoms with E-state index >= 15 is 0 Å². The fraction of sp³-hybridized carbons (Fsp3) is 0.214. The molecule has 1 heterocycles. The van der Waals surface area contributed by atoms with Crippen molar-refractivity contribution in [2.45, 2.75) is 13.5 Å². The van der Waals surface area contributed by atoms with E-state index in [1.165, 1.54) is 24.7 Å². The van der Waals surface area contributed by atoms with E-state index in [1.807, 2.05) is 0 Å². The van der Waals surface area contributed by atoms with Gasteiger partial charge in [0.05, 0.1) is 12.8 Å². The minimum Gasteiger partial charge on any atom is -0.491 e. The number of hydrogen-bond acceptors (Lipinski definition) is 4. The highest BCUT2D eigenvalue weighted by atomic mass is 19.1. The average molecular weight is 275 g/mol. The van der Waals surface area contributed by atoms with Crippen LogP contribution in [0.1, 0.15) is 23.0 Å². The van der Waals surface area contributed by atoms with Gasteiger partial charge in [0.15, 0.2) is 11.6 Å². The first-order valence-electron chi connectivity index (χ1n) is 6.16. The Morgan fingerprint density at radius 3 is 2.90 bits per heavy atom. The molecular weight excluding hydrogens is 261 g/mol. The zero-order valence-corrected chi connectivity index (χ0v) is 11.0. The molecule has 2 aromatic rings. The van der Waals surface area contributed by atoms with Gasteiger partial charge < -0.3 is 10.1 Å². The summed E-state index contributed by atoms with van der Waals surface area (Å²) in [4.78, 5) is 19.4. The number of aromatic nitrogens is 2. The molecular formula is C14H14FN3O2. The van der Waals surface area contributed by atoms with Crippen molar-refractivity contribution in [1.29, 1.82) is 0 Å². The van der Waals surface area contributed by atoms with Crippen molar-refractivity contribution in [3.8, 4) is 5.75 Å². The molecule has 0 saturated carbocycles. The molecule has 0 atom stereocenters. The van der Waals surface area contributed by atoms with Crippen molar-refractivity contribution in [3.63, 3.8) is 0 Å². The van der Waals surface area contributed by atoms with Gasteiger partial charge in [-0.05, 0) is 24.6 Å². The van der Waals surface area contributed by atoms with Gasteiger partial charge in [0.25, 0.3) is 5.91 Å². The molecule has 5 nitrogen and oxygen atoms in total. The van der Waals surface area contributed by atoms with E-state index in [0.29, 0.717) is 12.2 Å². The standard InChI is InChI=1S/C14H14FN3O2/c1-2-20-13-4-3-10(7-11(13)15)8-18-14(19)12-9-16-5-6-17-12/h3-7,9H,2,8H2,1H3,(H,18,19). The predicted octanol–water partition coefficient (Wildman–Crippen LogP) is 1.94. The maximum absolute atomic E-state index is 13.6. The first-order valence-corrected chi connectivity index (χ1v) is 6.16. The summed E-state index contributed by atoms with van der Waals surface area (Å²) in [5, 5.41) is 2.65. The van der Waals surface area contributed by atoms with Crippen LogP contribution in [-0.4, -0.2) is 22.5 Å². The molecule has 0 unspecified atom stereocenters. The molecule has 1 aromatic carbocycles. The Hall–Kier alpha value is -2.50. The third kappa shape index (κ3) is 3.50. The predicted molar refractivity (Wildman–Crippen MR) is 70.8 cm³/mol. The Bertz CT molecular complexity index is 590. The molecule has 0 aliphatic heterocycles. The number of nitrogens with zero attached hydrogens (tertiary/aromatic N) is 2. The topological polar surface area (TPSA) is 64.1 Å². The second-order valence-corrected chi connectivity index (χ2v) is 3.97. The van der Waals surface area contributed by atoms with E-state index in [0.717, 1.165) is 0 Å². The van der Waals surface area contributed by atoms with Crippen LogP contribution < -0.4 is 10.1 Å². The molecule has 0 aliphatic rings. The van der Waals surface area contributed by atoms with Gasteiger partial charge in [-0.15, -0.1) is 0 Å². The Balaban J connectivity index is 1.97. The number of carbonyl (C=O) groups excluding carboxylic acids is 1. The molecule has 0 aliphatic carbocycles. The van der Waals surface area contributed by atoms with E-state index in [9.17, 15) is 9.18 Å². The second kappa shape index (κ2) is 6.60.